The Morgan fingerprint density at radius 2 is 2.00 bits per heavy atom. The number of hydrogen-bond donors (Lipinski definition) is 0. The molecule has 1 aromatic heterocycles. The highest BCUT2D eigenvalue weighted by Gasteiger charge is 2.15. The van der Waals surface area contributed by atoms with Crippen molar-refractivity contribution in [1.29, 1.82) is 0 Å². The molecule has 2 heteroatoms. The van der Waals surface area contributed by atoms with Gasteiger partial charge < -0.3 is 4.42 Å². The topological polar surface area (TPSA) is 30.2 Å². The van der Waals surface area contributed by atoms with E-state index in [0.29, 0.717) is 16.7 Å². The summed E-state index contributed by atoms with van der Waals surface area (Å²) in [5.74, 6) is 0.662. The van der Waals surface area contributed by atoms with Crippen molar-refractivity contribution < 1.29 is 5.84 Å². The zero-order valence-corrected chi connectivity index (χ0v) is 10.4. The third-order valence-electron chi connectivity index (χ3n) is 2.63. The summed E-state index contributed by atoms with van der Waals surface area (Å²) >= 11 is 0. The van der Waals surface area contributed by atoms with Crippen LogP contribution in [-0.4, -0.2) is 0 Å². The van der Waals surface area contributed by atoms with Gasteiger partial charge in [0.25, 0.3) is 0 Å². The number of rotatable bonds is 1. The van der Waals surface area contributed by atoms with Crippen LogP contribution >= 0.6 is 0 Å². The molecule has 0 amide bonds. The van der Waals surface area contributed by atoms with Crippen LogP contribution in [0.5, 0.6) is 0 Å². The van der Waals surface area contributed by atoms with Crippen LogP contribution < -0.4 is 5.43 Å². The van der Waals surface area contributed by atoms with Crippen LogP contribution in [0.4, 0.5) is 0 Å². The number of benzene rings is 1. The van der Waals surface area contributed by atoms with E-state index in [1.807, 2.05) is 32.0 Å². The minimum absolute atomic E-state index is 0. The molecule has 0 spiro atoms. The minimum Gasteiger partial charge on any atom is -0.461 e. The molecular formula is C15H18O2. The fourth-order valence-electron chi connectivity index (χ4n) is 1.87. The van der Waals surface area contributed by atoms with Crippen molar-refractivity contribution in [3.8, 4) is 0 Å². The second-order valence-electron chi connectivity index (χ2n) is 3.83. The Labute approximate surface area is 102 Å². The van der Waals surface area contributed by atoms with Crippen molar-refractivity contribution >= 4 is 16.5 Å². The van der Waals surface area contributed by atoms with Crippen molar-refractivity contribution in [1.82, 2.24) is 0 Å². The van der Waals surface area contributed by atoms with Gasteiger partial charge in [-0.25, -0.2) is 0 Å². The van der Waals surface area contributed by atoms with E-state index in [0.717, 1.165) is 12.0 Å². The highest BCUT2D eigenvalue weighted by atomic mass is 16.3. The summed E-state index contributed by atoms with van der Waals surface area (Å²) in [6.45, 7) is 5.80. The van der Waals surface area contributed by atoms with Gasteiger partial charge in [0.05, 0.1) is 5.39 Å². The average Bonchev–Trinajstić information content (AvgIpc) is 3.14. The number of aryl methyl sites for hydroxylation is 1. The van der Waals surface area contributed by atoms with Gasteiger partial charge in [0, 0.05) is 7.49 Å². The molecule has 1 aliphatic carbocycles. The molecule has 17 heavy (non-hydrogen) atoms. The molecule has 2 aromatic rings. The van der Waals surface area contributed by atoms with Crippen molar-refractivity contribution in [2.45, 2.75) is 27.2 Å². The summed E-state index contributed by atoms with van der Waals surface area (Å²) in [5.41, 5.74) is 3.01. The Balaban J connectivity index is 0.000000516. The summed E-state index contributed by atoms with van der Waals surface area (Å²) < 4.78 is 5.53. The molecule has 0 bridgehead atoms. The first kappa shape index (κ1) is 11.6. The molecule has 3 rings (SSSR count). The number of fused-ring (bicyclic) bond motifs is 1. The maximum absolute atomic E-state index is 11.9. The molecule has 0 N–H and O–H groups in total. The van der Waals surface area contributed by atoms with E-state index in [4.69, 9.17) is 4.42 Å². The lowest BCUT2D eigenvalue weighted by Gasteiger charge is -2.02. The first-order valence-electron chi connectivity index (χ1n) is 5.98. The fraction of sp³-hybridized carbons (Fsp3) is 0.267. The quantitative estimate of drug-likeness (QED) is 0.736. The summed E-state index contributed by atoms with van der Waals surface area (Å²) in [5, 5.41) is 0.715. The molecule has 0 radical (unpaired) electrons. The number of hydrogen-bond acceptors (Lipinski definition) is 2. The van der Waals surface area contributed by atoms with Crippen LogP contribution in [0.1, 0.15) is 33.0 Å². The van der Waals surface area contributed by atoms with Crippen molar-refractivity contribution in [3.63, 3.8) is 0 Å². The molecule has 2 nitrogen and oxygen atoms in total. The first-order valence-corrected chi connectivity index (χ1v) is 5.98. The van der Waals surface area contributed by atoms with Crippen LogP contribution in [0.3, 0.4) is 0 Å². The summed E-state index contributed by atoms with van der Waals surface area (Å²) in [4.78, 5) is 11.9. The van der Waals surface area contributed by atoms with E-state index in [1.54, 1.807) is 13.0 Å². The SMILES string of the molecule is CC.Cc1cc(=O)c2c(C3=CC3)cccc2o1.[HH]. The van der Waals surface area contributed by atoms with Crippen LogP contribution in [0.25, 0.3) is 16.5 Å². The average molecular weight is 230 g/mol. The standard InChI is InChI=1S/C13H10O2.C2H6.H2/c1-8-7-11(14)13-10(9-5-6-9)3-2-4-12(13)15-8;1-2;/h2-5,7H,6H2,1H3;1-2H3;1H. The smallest absolute Gasteiger partial charge is 0.193 e. The summed E-state index contributed by atoms with van der Waals surface area (Å²) in [6, 6.07) is 7.30. The molecule has 0 saturated carbocycles. The molecule has 1 aliphatic rings. The normalized spacial score (nSPS) is 12.8. The van der Waals surface area contributed by atoms with E-state index in [1.165, 1.54) is 5.57 Å². The van der Waals surface area contributed by atoms with Gasteiger partial charge in [-0.05, 0) is 30.5 Å². The molecule has 0 saturated heterocycles. The van der Waals surface area contributed by atoms with Gasteiger partial charge >= 0.3 is 0 Å². The first-order chi connectivity index (χ1) is 8.25. The van der Waals surface area contributed by atoms with Crippen LogP contribution in [-0.2, 0) is 0 Å². The minimum atomic E-state index is 0. The maximum Gasteiger partial charge on any atom is 0.193 e. The monoisotopic (exact) mass is 230 g/mol. The second-order valence-corrected chi connectivity index (χ2v) is 3.83. The third kappa shape index (κ3) is 2.16. The molecule has 0 fully saturated rings. The van der Waals surface area contributed by atoms with Gasteiger partial charge in [-0.3, -0.25) is 4.79 Å². The summed E-state index contributed by atoms with van der Waals surface area (Å²) in [6.07, 6.45) is 3.11. The second kappa shape index (κ2) is 4.58. The predicted molar refractivity (Wildman–Crippen MR) is 73.3 cm³/mol. The third-order valence-corrected chi connectivity index (χ3v) is 2.63. The van der Waals surface area contributed by atoms with Gasteiger partial charge in [0.15, 0.2) is 5.43 Å². The molecule has 90 valence electrons. The zero-order chi connectivity index (χ0) is 12.4. The number of allylic oxidation sites excluding steroid dienone is 2. The highest BCUT2D eigenvalue weighted by Crippen LogP contribution is 2.34. The Morgan fingerprint density at radius 1 is 1.29 bits per heavy atom. The predicted octanol–water partition coefficient (Wildman–Crippen LogP) is 4.16. The molecule has 1 aromatic carbocycles. The summed E-state index contributed by atoms with van der Waals surface area (Å²) in [7, 11) is 0. The van der Waals surface area contributed by atoms with Crippen LogP contribution in [0, 0.1) is 6.92 Å². The van der Waals surface area contributed by atoms with E-state index < -0.39 is 0 Å². The van der Waals surface area contributed by atoms with E-state index in [9.17, 15) is 4.79 Å². The lowest BCUT2D eigenvalue weighted by Crippen LogP contribution is -2.02. The van der Waals surface area contributed by atoms with Crippen molar-refractivity contribution in [3.05, 3.63) is 51.9 Å². The van der Waals surface area contributed by atoms with E-state index in [2.05, 4.69) is 6.08 Å². The molecular weight excluding hydrogens is 212 g/mol. The van der Waals surface area contributed by atoms with E-state index >= 15 is 0 Å². The maximum atomic E-state index is 11.9. The Kier molecular flexibility index (Phi) is 3.14. The van der Waals surface area contributed by atoms with Gasteiger partial charge in [0.1, 0.15) is 11.3 Å². The largest absolute Gasteiger partial charge is 0.461 e. The Hall–Kier alpha value is -1.83. The molecule has 1 heterocycles. The lowest BCUT2D eigenvalue weighted by molar-refractivity contribution is 0.564. The van der Waals surface area contributed by atoms with Gasteiger partial charge in [-0.1, -0.05) is 32.1 Å². The molecule has 0 unspecified atom stereocenters. The van der Waals surface area contributed by atoms with Crippen LogP contribution in [0.2, 0.25) is 0 Å². The van der Waals surface area contributed by atoms with Crippen molar-refractivity contribution in [2.24, 2.45) is 0 Å². The Bertz CT molecular complexity index is 638. The lowest BCUT2D eigenvalue weighted by atomic mass is 10.1. The van der Waals surface area contributed by atoms with Gasteiger partial charge in [0.2, 0.25) is 0 Å². The fourth-order valence-corrected chi connectivity index (χ4v) is 1.87. The highest BCUT2D eigenvalue weighted by molar-refractivity contribution is 5.94. The van der Waals surface area contributed by atoms with E-state index in [-0.39, 0.29) is 6.86 Å². The molecule has 0 aliphatic heterocycles. The molecule has 0 atom stereocenters. The van der Waals surface area contributed by atoms with Crippen molar-refractivity contribution in [2.75, 3.05) is 0 Å². The van der Waals surface area contributed by atoms with Crippen LogP contribution in [0.15, 0.2) is 39.6 Å². The van der Waals surface area contributed by atoms with Gasteiger partial charge in [-0.15, -0.1) is 0 Å². The Morgan fingerprint density at radius 3 is 2.65 bits per heavy atom. The zero-order valence-electron chi connectivity index (χ0n) is 10.4. The van der Waals surface area contributed by atoms with Gasteiger partial charge in [-0.2, -0.15) is 0 Å².